The van der Waals surface area contributed by atoms with E-state index in [2.05, 4.69) is 12.2 Å². The van der Waals surface area contributed by atoms with E-state index >= 15 is 0 Å². The predicted octanol–water partition coefficient (Wildman–Crippen LogP) is 4.65. The van der Waals surface area contributed by atoms with Gasteiger partial charge in [-0.25, -0.2) is 0 Å². The average Bonchev–Trinajstić information content (AvgIpc) is 3.58. The zero-order valence-electron chi connectivity index (χ0n) is 17.0. The summed E-state index contributed by atoms with van der Waals surface area (Å²) in [5, 5.41) is 0.650. The van der Waals surface area contributed by atoms with Crippen molar-refractivity contribution in [1.29, 1.82) is 0 Å². The minimum Gasteiger partial charge on any atom is -0.288 e. The Hall–Kier alpha value is -2.63. The van der Waals surface area contributed by atoms with Gasteiger partial charge in [0, 0.05) is 0 Å². The van der Waals surface area contributed by atoms with E-state index < -0.39 is 5.91 Å². The molecule has 2 aromatic rings. The average molecular weight is 467 g/mol. The number of para-hydroxylation sites is 1. The Labute approximate surface area is 195 Å². The van der Waals surface area contributed by atoms with Gasteiger partial charge in [0.1, 0.15) is 6.67 Å². The number of carbonyl (C=O) groups is 3. The van der Waals surface area contributed by atoms with Gasteiger partial charge in [0.2, 0.25) is 11.8 Å². The van der Waals surface area contributed by atoms with Gasteiger partial charge in [0.25, 0.3) is 5.91 Å². The second-order valence-corrected chi connectivity index (χ2v) is 9.88. The molecule has 6 atom stereocenters. The lowest BCUT2D eigenvalue weighted by Gasteiger charge is -2.37. The molecule has 162 valence electrons. The van der Waals surface area contributed by atoms with Crippen LogP contribution in [-0.4, -0.2) is 29.3 Å². The highest BCUT2D eigenvalue weighted by molar-refractivity contribution is 6.36. The zero-order chi connectivity index (χ0) is 22.1. The Morgan fingerprint density at radius 2 is 1.44 bits per heavy atom. The minimum absolute atomic E-state index is 0.129. The summed E-state index contributed by atoms with van der Waals surface area (Å²) in [5.41, 5.74) is 0.715. The molecule has 3 fully saturated rings. The lowest BCUT2D eigenvalue weighted by molar-refractivity contribution is -0.140. The van der Waals surface area contributed by atoms with Crippen molar-refractivity contribution in [2.24, 2.45) is 35.5 Å². The highest BCUT2D eigenvalue weighted by Crippen LogP contribution is 2.65. The van der Waals surface area contributed by atoms with E-state index in [1.165, 1.54) is 9.80 Å². The summed E-state index contributed by atoms with van der Waals surface area (Å²) in [4.78, 5) is 43.1. The molecule has 3 amide bonds. The Morgan fingerprint density at radius 1 is 0.875 bits per heavy atom. The number of allylic oxidation sites excluding steroid dienone is 2. The molecule has 0 spiro atoms. The first-order valence-corrected chi connectivity index (χ1v) is 11.6. The number of hydrogen-bond acceptors (Lipinski definition) is 3. The number of anilines is 1. The molecule has 0 aromatic heterocycles. The molecule has 2 aromatic carbocycles. The highest BCUT2D eigenvalue weighted by atomic mass is 35.5. The number of likely N-dealkylation sites (tertiary alicyclic amines) is 1. The maximum Gasteiger partial charge on any atom is 0.261 e. The van der Waals surface area contributed by atoms with Crippen LogP contribution in [0.15, 0.2) is 60.7 Å². The number of rotatable bonds is 4. The molecule has 1 heterocycles. The molecule has 32 heavy (non-hydrogen) atoms. The van der Waals surface area contributed by atoms with Crippen LogP contribution in [0.4, 0.5) is 5.69 Å². The first-order valence-electron chi connectivity index (χ1n) is 10.8. The van der Waals surface area contributed by atoms with E-state index in [0.29, 0.717) is 27.6 Å². The number of amides is 3. The van der Waals surface area contributed by atoms with Gasteiger partial charge in [-0.05, 0) is 54.4 Å². The second kappa shape index (κ2) is 7.19. The van der Waals surface area contributed by atoms with Gasteiger partial charge in [-0.3, -0.25) is 24.2 Å². The van der Waals surface area contributed by atoms with Crippen LogP contribution in [-0.2, 0) is 9.59 Å². The second-order valence-electron chi connectivity index (χ2n) is 9.06. The van der Waals surface area contributed by atoms with E-state index in [-0.39, 0.29) is 47.7 Å². The molecule has 1 saturated heterocycles. The maximum absolute atomic E-state index is 13.6. The van der Waals surface area contributed by atoms with Gasteiger partial charge in [0.15, 0.2) is 0 Å². The maximum atomic E-state index is 13.6. The van der Waals surface area contributed by atoms with Gasteiger partial charge >= 0.3 is 0 Å². The van der Waals surface area contributed by atoms with E-state index in [0.717, 1.165) is 6.42 Å². The van der Waals surface area contributed by atoms with Crippen LogP contribution in [0.5, 0.6) is 0 Å². The minimum atomic E-state index is -0.414. The van der Waals surface area contributed by atoms with Gasteiger partial charge in [-0.2, -0.15) is 0 Å². The van der Waals surface area contributed by atoms with Gasteiger partial charge in [-0.15, -0.1) is 0 Å². The van der Waals surface area contributed by atoms with E-state index in [4.69, 9.17) is 23.2 Å². The van der Waals surface area contributed by atoms with Crippen LogP contribution in [0, 0.1) is 35.5 Å². The normalized spacial score (nSPS) is 31.5. The van der Waals surface area contributed by atoms with E-state index in [9.17, 15) is 14.4 Å². The molecular formula is C25H20Cl2N2O3. The summed E-state index contributed by atoms with van der Waals surface area (Å²) in [7, 11) is 0. The molecule has 5 aliphatic rings. The van der Waals surface area contributed by atoms with E-state index in [1.54, 1.807) is 48.5 Å². The van der Waals surface area contributed by atoms with Crippen LogP contribution in [0.1, 0.15) is 16.8 Å². The fraction of sp³-hybridized carbons (Fsp3) is 0.320. The fourth-order valence-corrected chi connectivity index (χ4v) is 6.45. The summed E-state index contributed by atoms with van der Waals surface area (Å²) in [5.74, 6) is -0.117. The monoisotopic (exact) mass is 466 g/mol. The van der Waals surface area contributed by atoms with Gasteiger partial charge in [0.05, 0.1) is 33.1 Å². The van der Waals surface area contributed by atoms with Crippen molar-refractivity contribution < 1.29 is 14.4 Å². The number of benzene rings is 2. The van der Waals surface area contributed by atoms with Crippen molar-refractivity contribution in [3.8, 4) is 0 Å². The Balaban J connectivity index is 1.37. The molecule has 4 aliphatic carbocycles. The molecule has 2 saturated carbocycles. The van der Waals surface area contributed by atoms with Crippen molar-refractivity contribution in [3.05, 3.63) is 76.3 Å². The van der Waals surface area contributed by atoms with Crippen LogP contribution in [0.2, 0.25) is 10.0 Å². The molecule has 7 rings (SSSR count). The summed E-state index contributed by atoms with van der Waals surface area (Å²) in [6.07, 6.45) is 5.37. The molecule has 6 unspecified atom stereocenters. The quantitative estimate of drug-likeness (QED) is 0.486. The van der Waals surface area contributed by atoms with Crippen molar-refractivity contribution in [3.63, 3.8) is 0 Å². The van der Waals surface area contributed by atoms with Crippen molar-refractivity contribution in [2.45, 2.75) is 6.42 Å². The molecule has 2 bridgehead atoms. The summed E-state index contributed by atoms with van der Waals surface area (Å²) < 4.78 is 0. The zero-order valence-corrected chi connectivity index (χ0v) is 18.5. The largest absolute Gasteiger partial charge is 0.288 e. The van der Waals surface area contributed by atoms with Crippen LogP contribution < -0.4 is 4.90 Å². The Kier molecular flexibility index (Phi) is 4.50. The number of carbonyl (C=O) groups excluding carboxylic acids is 3. The number of hydrogen-bond donors (Lipinski definition) is 0. The molecule has 7 heteroatoms. The first kappa shape index (κ1) is 20.0. The third-order valence-electron chi connectivity index (χ3n) is 7.53. The van der Waals surface area contributed by atoms with Crippen LogP contribution >= 0.6 is 23.2 Å². The summed E-state index contributed by atoms with van der Waals surface area (Å²) in [6, 6.07) is 13.6. The Bertz CT molecular complexity index is 1160. The topological polar surface area (TPSA) is 57.7 Å². The SMILES string of the molecule is O=C1C2C3C=CC(C4CC34)C2C(=O)N1CN(C(=O)c1ccccc1Cl)c1ccccc1Cl. The van der Waals surface area contributed by atoms with Crippen molar-refractivity contribution in [1.82, 2.24) is 4.90 Å². The number of halogens is 2. The third kappa shape index (κ3) is 2.81. The Morgan fingerprint density at radius 3 is 2.03 bits per heavy atom. The highest BCUT2D eigenvalue weighted by Gasteiger charge is 2.67. The molecule has 1 aliphatic heterocycles. The lowest BCUT2D eigenvalue weighted by atomic mass is 9.63. The fourth-order valence-electron chi connectivity index (χ4n) is 6.00. The summed E-state index contributed by atoms with van der Waals surface area (Å²) in [6.45, 7) is -0.187. The summed E-state index contributed by atoms with van der Waals surface area (Å²) >= 11 is 12.7. The first-order chi connectivity index (χ1) is 15.5. The molecule has 5 nitrogen and oxygen atoms in total. The van der Waals surface area contributed by atoms with Gasteiger partial charge in [-0.1, -0.05) is 59.6 Å². The molecular weight excluding hydrogens is 447 g/mol. The van der Waals surface area contributed by atoms with Gasteiger partial charge < -0.3 is 0 Å². The van der Waals surface area contributed by atoms with Crippen molar-refractivity contribution >= 4 is 46.6 Å². The molecule has 0 radical (unpaired) electrons. The number of imide groups is 1. The van der Waals surface area contributed by atoms with E-state index in [1.807, 2.05) is 0 Å². The van der Waals surface area contributed by atoms with Crippen LogP contribution in [0.25, 0.3) is 0 Å². The smallest absolute Gasteiger partial charge is 0.261 e. The lowest BCUT2D eigenvalue weighted by Crippen LogP contribution is -2.45. The molecule has 0 N–H and O–H groups in total. The van der Waals surface area contributed by atoms with Crippen LogP contribution in [0.3, 0.4) is 0 Å². The number of nitrogens with zero attached hydrogens (tertiary/aromatic N) is 2. The van der Waals surface area contributed by atoms with Crippen molar-refractivity contribution in [2.75, 3.05) is 11.6 Å². The predicted molar refractivity (Wildman–Crippen MR) is 121 cm³/mol. The third-order valence-corrected chi connectivity index (χ3v) is 8.18. The standard InChI is InChI=1S/C25H20Cl2N2O3/c26-18-6-2-1-5-15(18)23(30)28(20-8-4-3-7-19(20)27)12-29-24(31)21-13-9-10-14(17-11-16(13)17)22(21)25(29)32/h1-10,13-14,16-17,21-22H,11-12H2.